The molecule has 0 spiro atoms. The maximum atomic E-state index is 4.92. The van der Waals surface area contributed by atoms with Gasteiger partial charge in [-0.25, -0.2) is 0 Å². The molecule has 0 saturated carbocycles. The van der Waals surface area contributed by atoms with Gasteiger partial charge in [0.25, 0.3) is 0 Å². The van der Waals surface area contributed by atoms with Gasteiger partial charge in [0, 0.05) is 23.8 Å². The minimum Gasteiger partial charge on any atom is -0.310 e. The van der Waals surface area contributed by atoms with Gasteiger partial charge in [0.05, 0.1) is 5.69 Å². The predicted octanol–water partition coefficient (Wildman–Crippen LogP) is 4.65. The molecule has 0 aliphatic rings. The number of hydrogen-bond donors (Lipinski definition) is 1. The largest absolute Gasteiger partial charge is 0.310 e. The van der Waals surface area contributed by atoms with Crippen LogP contribution in [-0.2, 0) is 19.4 Å². The Balaban J connectivity index is 3.03. The Hall–Kier alpha value is -0.830. The van der Waals surface area contributed by atoms with Crippen molar-refractivity contribution >= 4 is 0 Å². The van der Waals surface area contributed by atoms with E-state index >= 15 is 0 Å². The van der Waals surface area contributed by atoms with Gasteiger partial charge < -0.3 is 5.32 Å². The zero-order valence-corrected chi connectivity index (χ0v) is 14.8. The van der Waals surface area contributed by atoms with Crippen LogP contribution in [0.15, 0.2) is 0 Å². The lowest BCUT2D eigenvalue weighted by atomic mass is 9.99. The lowest BCUT2D eigenvalue weighted by Gasteiger charge is -2.19. The summed E-state index contributed by atoms with van der Waals surface area (Å²) >= 11 is 0. The molecule has 0 bridgehead atoms. The number of rotatable bonds is 11. The van der Waals surface area contributed by atoms with Gasteiger partial charge in [0.15, 0.2) is 0 Å². The third-order valence-corrected chi connectivity index (χ3v) is 4.22. The molecule has 1 heterocycles. The van der Waals surface area contributed by atoms with Crippen molar-refractivity contribution in [1.82, 2.24) is 15.1 Å². The Labute approximate surface area is 131 Å². The zero-order valence-electron chi connectivity index (χ0n) is 14.8. The molecule has 1 aromatic rings. The molecule has 0 amide bonds. The maximum absolute atomic E-state index is 4.92. The molecule has 3 heteroatoms. The number of aryl methyl sites for hydroxylation is 2. The lowest BCUT2D eigenvalue weighted by Crippen LogP contribution is -2.23. The maximum Gasteiger partial charge on any atom is 0.0672 e. The van der Waals surface area contributed by atoms with Crippen LogP contribution in [0.25, 0.3) is 0 Å². The molecule has 1 N–H and O–H groups in total. The second-order valence-electron chi connectivity index (χ2n) is 5.86. The standard InChI is InChI=1S/C18H35N3/c1-6-11-12-14-21-17(10-5)18(16(9-4)20-21)15(8-3)19-13-7-2/h15,19H,6-14H2,1-5H3. The highest BCUT2D eigenvalue weighted by atomic mass is 15.3. The Morgan fingerprint density at radius 2 is 1.76 bits per heavy atom. The quantitative estimate of drug-likeness (QED) is 0.602. The predicted molar refractivity (Wildman–Crippen MR) is 91.8 cm³/mol. The third kappa shape index (κ3) is 4.84. The Kier molecular flexibility index (Phi) is 8.67. The molecule has 0 radical (unpaired) electrons. The van der Waals surface area contributed by atoms with Crippen molar-refractivity contribution in [3.8, 4) is 0 Å². The SMILES string of the molecule is CCCCCn1nc(CC)c(C(CC)NCCC)c1CC. The summed E-state index contributed by atoms with van der Waals surface area (Å²) in [5, 5.41) is 8.64. The van der Waals surface area contributed by atoms with Crippen LogP contribution >= 0.6 is 0 Å². The van der Waals surface area contributed by atoms with E-state index in [1.54, 1.807) is 0 Å². The van der Waals surface area contributed by atoms with Crippen LogP contribution in [0.1, 0.15) is 89.7 Å². The van der Waals surface area contributed by atoms with Gasteiger partial charge in [-0.2, -0.15) is 5.10 Å². The fourth-order valence-corrected chi connectivity index (χ4v) is 3.07. The summed E-state index contributed by atoms with van der Waals surface area (Å²) in [6.45, 7) is 13.4. The molecule has 0 aromatic carbocycles. The number of hydrogen-bond acceptors (Lipinski definition) is 2. The minimum atomic E-state index is 0.467. The van der Waals surface area contributed by atoms with E-state index in [2.05, 4.69) is 44.6 Å². The van der Waals surface area contributed by atoms with E-state index in [0.29, 0.717) is 6.04 Å². The van der Waals surface area contributed by atoms with Crippen molar-refractivity contribution in [3.05, 3.63) is 17.0 Å². The van der Waals surface area contributed by atoms with Crippen LogP contribution < -0.4 is 5.32 Å². The monoisotopic (exact) mass is 293 g/mol. The fraction of sp³-hybridized carbons (Fsp3) is 0.833. The first-order valence-corrected chi connectivity index (χ1v) is 9.05. The van der Waals surface area contributed by atoms with Crippen LogP contribution in [0.5, 0.6) is 0 Å². The molecule has 3 nitrogen and oxygen atoms in total. The van der Waals surface area contributed by atoms with Gasteiger partial charge in [-0.3, -0.25) is 4.68 Å². The average molecular weight is 293 g/mol. The normalized spacial score (nSPS) is 12.8. The molecule has 21 heavy (non-hydrogen) atoms. The van der Waals surface area contributed by atoms with Gasteiger partial charge in [-0.05, 0) is 38.6 Å². The summed E-state index contributed by atoms with van der Waals surface area (Å²) in [6, 6.07) is 0.467. The summed E-state index contributed by atoms with van der Waals surface area (Å²) in [5.41, 5.74) is 4.25. The highest BCUT2D eigenvalue weighted by molar-refractivity contribution is 5.30. The molecule has 0 aliphatic carbocycles. The first kappa shape index (κ1) is 18.2. The molecule has 0 fully saturated rings. The molecule has 0 aliphatic heterocycles. The van der Waals surface area contributed by atoms with Crippen molar-refractivity contribution in [1.29, 1.82) is 0 Å². The van der Waals surface area contributed by atoms with E-state index in [4.69, 9.17) is 5.10 Å². The van der Waals surface area contributed by atoms with Crippen molar-refractivity contribution in [2.75, 3.05) is 6.54 Å². The summed E-state index contributed by atoms with van der Waals surface area (Å²) in [7, 11) is 0. The molecule has 1 atom stereocenters. The minimum absolute atomic E-state index is 0.467. The third-order valence-electron chi connectivity index (χ3n) is 4.22. The van der Waals surface area contributed by atoms with Crippen LogP contribution in [0.3, 0.4) is 0 Å². The van der Waals surface area contributed by atoms with Crippen LogP contribution in [0.2, 0.25) is 0 Å². The molecule has 1 aromatic heterocycles. The summed E-state index contributed by atoms with van der Waals surface area (Å²) in [4.78, 5) is 0. The van der Waals surface area contributed by atoms with Crippen molar-refractivity contribution in [2.24, 2.45) is 0 Å². The van der Waals surface area contributed by atoms with Gasteiger partial charge >= 0.3 is 0 Å². The molecule has 1 rings (SSSR count). The lowest BCUT2D eigenvalue weighted by molar-refractivity contribution is 0.504. The van der Waals surface area contributed by atoms with Crippen molar-refractivity contribution in [3.63, 3.8) is 0 Å². The molecule has 1 unspecified atom stereocenters. The summed E-state index contributed by atoms with van der Waals surface area (Å²) < 4.78 is 2.29. The fourth-order valence-electron chi connectivity index (χ4n) is 3.07. The topological polar surface area (TPSA) is 29.9 Å². The van der Waals surface area contributed by atoms with Crippen molar-refractivity contribution in [2.45, 2.75) is 92.2 Å². The highest BCUT2D eigenvalue weighted by Crippen LogP contribution is 2.26. The van der Waals surface area contributed by atoms with Crippen LogP contribution in [0, 0.1) is 0 Å². The average Bonchev–Trinajstić information content (AvgIpc) is 2.86. The molecular formula is C18H35N3. The van der Waals surface area contributed by atoms with Gasteiger partial charge in [0.2, 0.25) is 0 Å². The Morgan fingerprint density at radius 1 is 1.00 bits per heavy atom. The van der Waals surface area contributed by atoms with E-state index in [1.807, 2.05) is 0 Å². The Morgan fingerprint density at radius 3 is 2.29 bits per heavy atom. The molecule has 122 valence electrons. The van der Waals surface area contributed by atoms with Crippen LogP contribution in [-0.4, -0.2) is 16.3 Å². The summed E-state index contributed by atoms with van der Waals surface area (Å²) in [5.74, 6) is 0. The summed E-state index contributed by atoms with van der Waals surface area (Å²) in [6.07, 6.45) is 8.25. The van der Waals surface area contributed by atoms with E-state index in [9.17, 15) is 0 Å². The van der Waals surface area contributed by atoms with E-state index < -0.39 is 0 Å². The second-order valence-corrected chi connectivity index (χ2v) is 5.86. The second kappa shape index (κ2) is 9.99. The number of nitrogens with one attached hydrogen (secondary N) is 1. The van der Waals surface area contributed by atoms with Crippen molar-refractivity contribution < 1.29 is 0 Å². The van der Waals surface area contributed by atoms with Gasteiger partial charge in [-0.1, -0.05) is 47.5 Å². The number of nitrogens with zero attached hydrogens (tertiary/aromatic N) is 2. The van der Waals surface area contributed by atoms with Crippen LogP contribution in [0.4, 0.5) is 0 Å². The smallest absolute Gasteiger partial charge is 0.0672 e. The van der Waals surface area contributed by atoms with E-state index in [-0.39, 0.29) is 0 Å². The first-order chi connectivity index (χ1) is 10.2. The first-order valence-electron chi connectivity index (χ1n) is 9.05. The highest BCUT2D eigenvalue weighted by Gasteiger charge is 2.21. The van der Waals surface area contributed by atoms with Gasteiger partial charge in [-0.15, -0.1) is 0 Å². The molecular weight excluding hydrogens is 258 g/mol. The van der Waals surface area contributed by atoms with E-state index in [0.717, 1.165) is 32.4 Å². The molecule has 0 saturated heterocycles. The number of unbranched alkanes of at least 4 members (excludes halogenated alkanes) is 2. The van der Waals surface area contributed by atoms with E-state index in [1.165, 1.54) is 42.6 Å². The Bertz CT molecular complexity index is 395. The zero-order chi connectivity index (χ0) is 15.7. The van der Waals surface area contributed by atoms with Gasteiger partial charge in [0.1, 0.15) is 0 Å². The number of aromatic nitrogens is 2.